The average Bonchev–Trinajstić information content (AvgIpc) is 2.99. The molecule has 0 saturated carbocycles. The van der Waals surface area contributed by atoms with Crippen LogP contribution >= 0.6 is 0 Å². The molecule has 0 saturated heterocycles. The molecule has 0 unspecified atom stereocenters. The smallest absolute Gasteiger partial charge is 0.165 e. The normalized spacial score (nSPS) is 11.1. The van der Waals surface area contributed by atoms with Crippen LogP contribution in [-0.4, -0.2) is 14.6 Å². The van der Waals surface area contributed by atoms with Crippen molar-refractivity contribution >= 4 is 5.65 Å². The zero-order valence-electron chi connectivity index (χ0n) is 9.21. The summed E-state index contributed by atoms with van der Waals surface area (Å²) >= 11 is 0. The van der Waals surface area contributed by atoms with Gasteiger partial charge in [0.25, 0.3) is 0 Å². The first-order valence-corrected chi connectivity index (χ1v) is 5.42. The molecule has 2 N–H and O–H groups in total. The molecule has 0 atom stereocenters. The molecule has 0 aliphatic heterocycles. The van der Waals surface area contributed by atoms with Crippen LogP contribution < -0.4 is 5.73 Å². The van der Waals surface area contributed by atoms with E-state index in [1.807, 2.05) is 34.9 Å². The molecule has 0 bridgehead atoms. The molecule has 0 aromatic carbocycles. The summed E-state index contributed by atoms with van der Waals surface area (Å²) in [6.07, 6.45) is 4.22. The van der Waals surface area contributed by atoms with E-state index in [4.69, 9.17) is 10.2 Å². The first kappa shape index (κ1) is 10.0. The van der Waals surface area contributed by atoms with Crippen molar-refractivity contribution in [3.63, 3.8) is 0 Å². The molecule has 86 valence electrons. The van der Waals surface area contributed by atoms with Crippen molar-refractivity contribution < 1.29 is 4.42 Å². The first-order valence-electron chi connectivity index (χ1n) is 5.42. The number of pyridine rings is 1. The Morgan fingerprint density at radius 1 is 1.24 bits per heavy atom. The largest absolute Gasteiger partial charge is 0.469 e. The highest BCUT2D eigenvalue weighted by Gasteiger charge is 2.09. The summed E-state index contributed by atoms with van der Waals surface area (Å²) in [6, 6.07) is 7.70. The van der Waals surface area contributed by atoms with Gasteiger partial charge in [-0.3, -0.25) is 4.40 Å². The molecule has 3 aromatic heterocycles. The maximum Gasteiger partial charge on any atom is 0.165 e. The maximum atomic E-state index is 5.66. The number of rotatable bonds is 3. The molecular formula is C12H12N4O. The van der Waals surface area contributed by atoms with E-state index in [9.17, 15) is 0 Å². The molecule has 0 radical (unpaired) electrons. The molecule has 0 aliphatic rings. The average molecular weight is 228 g/mol. The second kappa shape index (κ2) is 4.03. The van der Waals surface area contributed by atoms with Crippen LogP contribution in [0.2, 0.25) is 0 Å². The highest BCUT2D eigenvalue weighted by atomic mass is 16.3. The first-order chi connectivity index (χ1) is 8.38. The van der Waals surface area contributed by atoms with Gasteiger partial charge in [-0.1, -0.05) is 6.07 Å². The molecule has 17 heavy (non-hydrogen) atoms. The third kappa shape index (κ3) is 1.70. The molecule has 3 heterocycles. The number of fused-ring (bicyclic) bond motifs is 1. The molecule has 0 aliphatic carbocycles. The third-order valence-electron chi connectivity index (χ3n) is 2.72. The molecule has 3 rings (SSSR count). The standard InChI is InChI=1S/C12H12N4O/c13-8-9-3-1-5-16-11(14-15-12(9)16)7-10-4-2-6-17-10/h1-6H,7-8,13H2. The lowest BCUT2D eigenvalue weighted by Crippen LogP contribution is -2.01. The van der Waals surface area contributed by atoms with Crippen LogP contribution in [0, 0.1) is 0 Å². The van der Waals surface area contributed by atoms with Crippen molar-refractivity contribution in [1.82, 2.24) is 14.6 Å². The van der Waals surface area contributed by atoms with Gasteiger partial charge in [-0.15, -0.1) is 10.2 Å². The fourth-order valence-electron chi connectivity index (χ4n) is 1.87. The molecule has 3 aromatic rings. The Balaban J connectivity index is 2.06. The summed E-state index contributed by atoms with van der Waals surface area (Å²) in [6.45, 7) is 0.462. The van der Waals surface area contributed by atoms with E-state index in [0.717, 1.165) is 22.8 Å². The van der Waals surface area contributed by atoms with E-state index in [1.165, 1.54) is 0 Å². The van der Waals surface area contributed by atoms with Crippen LogP contribution in [0.1, 0.15) is 17.1 Å². The van der Waals surface area contributed by atoms with Crippen LogP contribution in [-0.2, 0) is 13.0 Å². The second-order valence-corrected chi connectivity index (χ2v) is 3.80. The lowest BCUT2D eigenvalue weighted by Gasteiger charge is -2.00. The van der Waals surface area contributed by atoms with Gasteiger partial charge in [0, 0.05) is 18.3 Å². The van der Waals surface area contributed by atoms with Crippen LogP contribution in [0.25, 0.3) is 5.65 Å². The molecule has 0 amide bonds. The van der Waals surface area contributed by atoms with Crippen LogP contribution in [0.5, 0.6) is 0 Å². The number of aromatic nitrogens is 3. The second-order valence-electron chi connectivity index (χ2n) is 3.80. The summed E-state index contributed by atoms with van der Waals surface area (Å²) in [4.78, 5) is 0. The van der Waals surface area contributed by atoms with Crippen molar-refractivity contribution in [1.29, 1.82) is 0 Å². The van der Waals surface area contributed by atoms with Gasteiger partial charge >= 0.3 is 0 Å². The number of furan rings is 1. The Hall–Kier alpha value is -2.14. The van der Waals surface area contributed by atoms with Gasteiger partial charge in [-0.25, -0.2) is 0 Å². The lowest BCUT2D eigenvalue weighted by atomic mass is 10.2. The zero-order chi connectivity index (χ0) is 11.7. The highest BCUT2D eigenvalue weighted by Crippen LogP contribution is 2.13. The molecular weight excluding hydrogens is 216 g/mol. The van der Waals surface area contributed by atoms with Gasteiger partial charge in [0.2, 0.25) is 0 Å². The topological polar surface area (TPSA) is 69.3 Å². The predicted octanol–water partition coefficient (Wildman–Crippen LogP) is 1.37. The Labute approximate surface area is 97.9 Å². The number of hydrogen-bond acceptors (Lipinski definition) is 4. The zero-order valence-corrected chi connectivity index (χ0v) is 9.21. The van der Waals surface area contributed by atoms with Gasteiger partial charge in [0.15, 0.2) is 5.65 Å². The van der Waals surface area contributed by atoms with Crippen molar-refractivity contribution in [2.45, 2.75) is 13.0 Å². The van der Waals surface area contributed by atoms with Crippen molar-refractivity contribution in [2.75, 3.05) is 0 Å². The highest BCUT2D eigenvalue weighted by molar-refractivity contribution is 5.47. The van der Waals surface area contributed by atoms with E-state index in [0.29, 0.717) is 13.0 Å². The summed E-state index contributed by atoms with van der Waals surface area (Å²) in [5.41, 5.74) is 7.47. The van der Waals surface area contributed by atoms with Crippen LogP contribution in [0.3, 0.4) is 0 Å². The SMILES string of the molecule is NCc1cccn2c(Cc3ccco3)nnc12. The Bertz CT molecular complexity index is 627. The van der Waals surface area contributed by atoms with Crippen molar-refractivity contribution in [3.8, 4) is 0 Å². The fourth-order valence-corrected chi connectivity index (χ4v) is 1.87. The summed E-state index contributed by atoms with van der Waals surface area (Å²) in [5.74, 6) is 1.72. The maximum absolute atomic E-state index is 5.66. The quantitative estimate of drug-likeness (QED) is 0.735. The Kier molecular flexibility index (Phi) is 2.38. The third-order valence-corrected chi connectivity index (χ3v) is 2.72. The van der Waals surface area contributed by atoms with E-state index < -0.39 is 0 Å². The van der Waals surface area contributed by atoms with Gasteiger partial charge in [0.1, 0.15) is 11.6 Å². The predicted molar refractivity (Wildman–Crippen MR) is 62.4 cm³/mol. The van der Waals surface area contributed by atoms with Gasteiger partial charge in [-0.05, 0) is 18.2 Å². The summed E-state index contributed by atoms with van der Waals surface area (Å²) in [7, 11) is 0. The minimum absolute atomic E-state index is 0.462. The number of nitrogens with two attached hydrogens (primary N) is 1. The van der Waals surface area contributed by atoms with E-state index in [2.05, 4.69) is 10.2 Å². The minimum Gasteiger partial charge on any atom is -0.469 e. The monoisotopic (exact) mass is 228 g/mol. The Morgan fingerprint density at radius 2 is 2.18 bits per heavy atom. The Morgan fingerprint density at radius 3 is 2.94 bits per heavy atom. The number of hydrogen-bond donors (Lipinski definition) is 1. The van der Waals surface area contributed by atoms with E-state index in [1.54, 1.807) is 6.26 Å². The van der Waals surface area contributed by atoms with E-state index >= 15 is 0 Å². The molecule has 5 nitrogen and oxygen atoms in total. The van der Waals surface area contributed by atoms with E-state index in [-0.39, 0.29) is 0 Å². The fraction of sp³-hybridized carbons (Fsp3) is 0.167. The summed E-state index contributed by atoms with van der Waals surface area (Å²) < 4.78 is 7.26. The number of nitrogens with zero attached hydrogens (tertiary/aromatic N) is 3. The lowest BCUT2D eigenvalue weighted by molar-refractivity contribution is 0.516. The van der Waals surface area contributed by atoms with Crippen LogP contribution in [0.15, 0.2) is 41.1 Å². The van der Waals surface area contributed by atoms with Gasteiger partial charge in [-0.2, -0.15) is 0 Å². The molecule has 0 spiro atoms. The van der Waals surface area contributed by atoms with Gasteiger partial charge in [0.05, 0.1) is 12.7 Å². The van der Waals surface area contributed by atoms with Crippen molar-refractivity contribution in [3.05, 3.63) is 53.9 Å². The molecule has 5 heteroatoms. The van der Waals surface area contributed by atoms with Gasteiger partial charge < -0.3 is 10.2 Å². The van der Waals surface area contributed by atoms with Crippen molar-refractivity contribution in [2.24, 2.45) is 5.73 Å². The minimum atomic E-state index is 0.462. The van der Waals surface area contributed by atoms with Crippen LogP contribution in [0.4, 0.5) is 0 Å². The molecule has 0 fully saturated rings. The summed E-state index contributed by atoms with van der Waals surface area (Å²) in [5, 5.41) is 8.34.